The van der Waals surface area contributed by atoms with Crippen molar-refractivity contribution in [1.29, 1.82) is 0 Å². The molecule has 0 amide bonds. The predicted molar refractivity (Wildman–Crippen MR) is 697 cm³/mol. The fraction of sp³-hybridized carbons (Fsp3) is 0.892. The lowest BCUT2D eigenvalue weighted by Crippen LogP contribution is -1.88. The van der Waals surface area contributed by atoms with Crippen LogP contribution >= 0.6 is 0 Å². The zero-order valence-electron chi connectivity index (χ0n) is 105. The summed E-state index contributed by atoms with van der Waals surface area (Å²) in [4.78, 5) is 0. The highest BCUT2D eigenvalue weighted by molar-refractivity contribution is 4.89. The number of hydrogen-bond acceptors (Lipinski definition) is 0. The van der Waals surface area contributed by atoms with Gasteiger partial charge < -0.3 is 5.48 Å². The van der Waals surface area contributed by atoms with Crippen LogP contribution in [0.5, 0.6) is 0 Å². The van der Waals surface area contributed by atoms with Crippen molar-refractivity contribution >= 4 is 0 Å². The molecule has 0 spiro atoms. The quantitative estimate of drug-likeness (QED) is 0.0330. The second-order valence-corrected chi connectivity index (χ2v) is 48.1. The van der Waals surface area contributed by atoms with Crippen molar-refractivity contribution in [2.45, 2.75) is 842 Å². The molecule has 0 aliphatic rings. The molecule has 0 aromatic carbocycles. The maximum Gasteiger partial charge on any atom is -0.0204 e. The Kier molecular flexibility index (Phi) is 173. The lowest BCUT2D eigenvalue weighted by Gasteiger charge is -2.05. The van der Waals surface area contributed by atoms with Gasteiger partial charge in [-0.25, -0.2) is 0 Å². The molecular formula is C148H292O. The van der Waals surface area contributed by atoms with Crippen LogP contribution in [0.3, 0.4) is 0 Å². The topological polar surface area (TPSA) is 31.5 Å². The van der Waals surface area contributed by atoms with Gasteiger partial charge in [-0.2, -0.15) is 0 Å². The van der Waals surface area contributed by atoms with Crippen LogP contribution < -0.4 is 0 Å². The molecule has 0 fully saturated rings. The van der Waals surface area contributed by atoms with Crippen molar-refractivity contribution in [3.63, 3.8) is 0 Å². The van der Waals surface area contributed by atoms with Gasteiger partial charge in [-0.1, -0.05) is 885 Å². The van der Waals surface area contributed by atoms with E-state index in [0.29, 0.717) is 5.92 Å². The minimum atomic E-state index is 0. The Morgan fingerprint density at radius 3 is 0.248 bits per heavy atom. The van der Waals surface area contributed by atoms with E-state index in [1.807, 2.05) is 12.2 Å². The van der Waals surface area contributed by atoms with Crippen LogP contribution in [0.15, 0.2) is 102 Å². The van der Waals surface area contributed by atoms with Gasteiger partial charge in [0.2, 0.25) is 0 Å². The Labute approximate surface area is 948 Å². The normalized spacial score (nSPS) is 11.3. The summed E-state index contributed by atoms with van der Waals surface area (Å²) in [5.74, 6) is 0.646. The van der Waals surface area contributed by atoms with E-state index >= 15 is 0 Å². The summed E-state index contributed by atoms with van der Waals surface area (Å²) in [6.07, 6.45) is 204. The largest absolute Gasteiger partial charge is 0.412 e. The third kappa shape index (κ3) is 168. The third-order valence-corrected chi connectivity index (χ3v) is 33.4. The van der Waals surface area contributed by atoms with Gasteiger partial charge in [-0.15, -0.1) is 32.9 Å². The molecule has 0 aromatic rings. The fourth-order valence-corrected chi connectivity index (χ4v) is 22.9. The zero-order valence-corrected chi connectivity index (χ0v) is 105. The van der Waals surface area contributed by atoms with Gasteiger partial charge in [0, 0.05) is 0 Å². The molecule has 1 atom stereocenters. The molecule has 1 nitrogen and oxygen atoms in total. The second-order valence-electron chi connectivity index (χ2n) is 48.1. The summed E-state index contributed by atoms with van der Waals surface area (Å²) >= 11 is 0. The summed E-state index contributed by atoms with van der Waals surface area (Å²) in [6.45, 7) is 35.1. The van der Waals surface area contributed by atoms with Crippen molar-refractivity contribution in [3.8, 4) is 0 Å². The predicted octanol–water partition coefficient (Wildman–Crippen LogP) is 56.2. The van der Waals surface area contributed by atoms with Crippen LogP contribution in [0.4, 0.5) is 0 Å². The van der Waals surface area contributed by atoms with Crippen molar-refractivity contribution in [2.24, 2.45) is 5.92 Å². The maximum atomic E-state index is 3.83. The molecule has 0 aliphatic carbocycles. The molecule has 0 saturated heterocycles. The molecule has 0 rings (SSSR count). The first-order valence-electron chi connectivity index (χ1n) is 70.4. The van der Waals surface area contributed by atoms with Crippen molar-refractivity contribution in [3.05, 3.63) is 102 Å². The Hall–Kier alpha value is -2.12. The summed E-state index contributed by atoms with van der Waals surface area (Å²) in [5.41, 5.74) is 0. The summed E-state index contributed by atoms with van der Waals surface area (Å²) < 4.78 is 0. The van der Waals surface area contributed by atoms with Gasteiger partial charge >= 0.3 is 0 Å². The number of allylic oxidation sites excluding steroid dienone is 7. The molecule has 0 bridgehead atoms. The monoisotopic (exact) mass is 2090 g/mol. The number of rotatable bonds is 133. The van der Waals surface area contributed by atoms with Crippen LogP contribution in [0.2, 0.25) is 0 Å². The van der Waals surface area contributed by atoms with E-state index < -0.39 is 0 Å². The van der Waals surface area contributed by atoms with Crippen molar-refractivity contribution < 1.29 is 5.48 Å². The van der Waals surface area contributed by atoms with Gasteiger partial charge in [0.1, 0.15) is 0 Å². The highest BCUT2D eigenvalue weighted by Gasteiger charge is 2.08. The van der Waals surface area contributed by atoms with E-state index in [-0.39, 0.29) is 5.48 Å². The Bertz CT molecular complexity index is 2070. The van der Waals surface area contributed by atoms with Gasteiger partial charge in [-0.05, 0) is 31.6 Å². The smallest absolute Gasteiger partial charge is 0.0204 e. The van der Waals surface area contributed by atoms with Crippen molar-refractivity contribution in [2.75, 3.05) is 0 Å². The van der Waals surface area contributed by atoms with E-state index in [2.05, 4.69) is 79.1 Å². The van der Waals surface area contributed by atoms with Gasteiger partial charge in [0.05, 0.1) is 0 Å². The standard InChI is InChI=1S/C130H260.C8H14.2C4H6.C2H4.H2O/c1-3-5-7-9-11-13-15-17-19-21-23-25-27-29-31-33-35-37-39-41-43-45-47-49-51-53-55-57-59-61-63-65-67-69-71-73-75-77-79-81-83-85-87-89-91-93-95-97-99-101-103-105-107-109-111-113-115-117-119-121-123-125-127-129-130-128-126-124-122-120-118-116-114-112-110-108-106-104-102-100-98-96-94-92-90-88-86-84-82-80-78-76-74-72-70-68-66-64-62-60-58-56-54-52-50-48-46-44-42-40-38-36-34-32-30-28-26-24-22-20-18-16-14-12-10-8-6-4-2;1-4-7-8(5-2)6-3;2*1-3-4-2;1-2;/h3H,1,4-130H2,2H3;4-5,8H,1-2,6-7H2,3H3;2*3-4H,1-2H2;1-2H2;1H2. The first kappa shape index (κ1) is 157. The molecule has 0 aromatic heterocycles. The van der Waals surface area contributed by atoms with Gasteiger partial charge in [0.15, 0.2) is 0 Å². The van der Waals surface area contributed by atoms with E-state index in [1.165, 1.54) is 822 Å². The summed E-state index contributed by atoms with van der Waals surface area (Å²) in [6, 6.07) is 0. The molecule has 0 radical (unpaired) electrons. The minimum absolute atomic E-state index is 0. The molecule has 149 heavy (non-hydrogen) atoms. The third-order valence-electron chi connectivity index (χ3n) is 33.4. The van der Waals surface area contributed by atoms with Crippen LogP contribution in [-0.2, 0) is 0 Å². The minimum Gasteiger partial charge on any atom is -0.412 e. The lowest BCUT2D eigenvalue weighted by molar-refractivity contribution is 0.505. The van der Waals surface area contributed by atoms with E-state index in [1.54, 1.807) is 24.3 Å². The zero-order chi connectivity index (χ0) is 108. The SMILES string of the molecule is C=C.C=CC=C.C=CC=C.C=CCC(C=C)CC.C=CCCCCCCCCCCCCCCCCCCCCCCCCCCCCCCCCCCCCCCCCCCCCCCCCCCCCCCCCCCCCCCCCCCCCCCCCCCCCCCCCCCCCCCCCCCCCCCCCCCCCCCCCCCCCCCCCCCCCCCCCCCCCCCCC.O. The van der Waals surface area contributed by atoms with Crippen LogP contribution in [0, 0.1) is 5.92 Å². The molecule has 1 unspecified atom stereocenters. The Morgan fingerprint density at radius 1 is 0.121 bits per heavy atom. The van der Waals surface area contributed by atoms with Gasteiger partial charge in [-0.3, -0.25) is 0 Å². The number of hydrogen-bond donors (Lipinski definition) is 0. The molecule has 0 aliphatic heterocycles. The molecule has 2 N–H and O–H groups in total. The average Bonchev–Trinajstić information content (AvgIpc) is 1.06. The van der Waals surface area contributed by atoms with Crippen LogP contribution in [-0.4, -0.2) is 5.48 Å². The van der Waals surface area contributed by atoms with Crippen LogP contribution in [0.25, 0.3) is 0 Å². The molecular weight excluding hydrogens is 1790 g/mol. The first-order valence-corrected chi connectivity index (χ1v) is 70.4. The van der Waals surface area contributed by atoms with E-state index in [9.17, 15) is 0 Å². The molecule has 0 heterocycles. The maximum absolute atomic E-state index is 3.83. The van der Waals surface area contributed by atoms with E-state index in [4.69, 9.17) is 0 Å². The fourth-order valence-electron chi connectivity index (χ4n) is 22.9. The first-order chi connectivity index (χ1) is 73.6. The molecule has 1 heteroatoms. The Balaban J connectivity index is -0.00000246. The molecule has 890 valence electrons. The Morgan fingerprint density at radius 2 is 0.201 bits per heavy atom. The van der Waals surface area contributed by atoms with Gasteiger partial charge in [0.25, 0.3) is 0 Å². The summed E-state index contributed by atoms with van der Waals surface area (Å²) in [5, 5.41) is 0. The van der Waals surface area contributed by atoms with Crippen LogP contribution in [0.1, 0.15) is 842 Å². The average molecular weight is 2090 g/mol. The van der Waals surface area contributed by atoms with Crippen molar-refractivity contribution in [1.82, 2.24) is 0 Å². The highest BCUT2D eigenvalue weighted by atomic mass is 16.0. The summed E-state index contributed by atoms with van der Waals surface area (Å²) in [7, 11) is 0. The molecule has 0 saturated carbocycles. The number of unbranched alkanes of at least 4 members (excludes halogenated alkanes) is 126. The lowest BCUT2D eigenvalue weighted by atomic mass is 10.0. The van der Waals surface area contributed by atoms with E-state index in [0.717, 1.165) is 6.42 Å². The highest BCUT2D eigenvalue weighted by Crippen LogP contribution is 2.27. The second kappa shape index (κ2) is 163.